The van der Waals surface area contributed by atoms with E-state index in [0.717, 1.165) is 16.9 Å². The first-order chi connectivity index (χ1) is 11.8. The van der Waals surface area contributed by atoms with E-state index in [0.29, 0.717) is 5.69 Å². The lowest BCUT2D eigenvalue weighted by Gasteiger charge is -2.08. The van der Waals surface area contributed by atoms with Gasteiger partial charge in [-0.1, -0.05) is 48.6 Å². The molecule has 1 aromatic heterocycles. The highest BCUT2D eigenvalue weighted by molar-refractivity contribution is 6.03. The van der Waals surface area contributed by atoms with Crippen LogP contribution in [0.3, 0.4) is 0 Å². The second kappa shape index (κ2) is 7.33. The van der Waals surface area contributed by atoms with Gasteiger partial charge in [0.2, 0.25) is 0 Å². The van der Waals surface area contributed by atoms with Gasteiger partial charge in [0.1, 0.15) is 5.75 Å². The van der Waals surface area contributed by atoms with Crippen molar-refractivity contribution in [1.82, 2.24) is 0 Å². The molecule has 0 radical (unpaired) electrons. The molecular formula is C20H17NO3. The number of rotatable bonds is 5. The maximum Gasteiger partial charge on any atom is 0.291 e. The standard InChI is InChI=1S/C20H17NO3/c1-23-18-10-5-3-8-16(18)13-12-15-7-2-4-9-17(15)21-20(22)19-11-6-14-24-19/h2-14H,1H3,(H,21,22)/b13-12+. The Labute approximate surface area is 140 Å². The maximum atomic E-state index is 12.2. The van der Waals surface area contributed by atoms with E-state index in [4.69, 9.17) is 9.15 Å². The van der Waals surface area contributed by atoms with Crippen molar-refractivity contribution >= 4 is 23.7 Å². The zero-order valence-corrected chi connectivity index (χ0v) is 13.2. The van der Waals surface area contributed by atoms with Crippen molar-refractivity contribution in [3.05, 3.63) is 83.8 Å². The number of carbonyl (C=O) groups excluding carboxylic acids is 1. The average Bonchev–Trinajstić information content (AvgIpc) is 3.16. The van der Waals surface area contributed by atoms with Gasteiger partial charge in [0, 0.05) is 11.3 Å². The van der Waals surface area contributed by atoms with Gasteiger partial charge in [-0.2, -0.15) is 0 Å². The Bertz CT molecular complexity index is 851. The van der Waals surface area contributed by atoms with Crippen molar-refractivity contribution in [2.75, 3.05) is 12.4 Å². The second-order valence-corrected chi connectivity index (χ2v) is 5.09. The number of para-hydroxylation sites is 2. The Hall–Kier alpha value is -3.27. The summed E-state index contributed by atoms with van der Waals surface area (Å²) < 4.78 is 10.5. The van der Waals surface area contributed by atoms with E-state index in [2.05, 4.69) is 5.32 Å². The Morgan fingerprint density at radius 1 is 0.958 bits per heavy atom. The minimum absolute atomic E-state index is 0.276. The van der Waals surface area contributed by atoms with Gasteiger partial charge in [-0.3, -0.25) is 4.79 Å². The summed E-state index contributed by atoms with van der Waals surface area (Å²) in [4.78, 5) is 12.2. The minimum atomic E-state index is -0.279. The van der Waals surface area contributed by atoms with Crippen LogP contribution in [0.1, 0.15) is 21.7 Å². The summed E-state index contributed by atoms with van der Waals surface area (Å²) >= 11 is 0. The minimum Gasteiger partial charge on any atom is -0.496 e. The molecule has 0 bridgehead atoms. The van der Waals surface area contributed by atoms with E-state index >= 15 is 0 Å². The fraction of sp³-hybridized carbons (Fsp3) is 0.0500. The number of benzene rings is 2. The molecule has 1 amide bonds. The first-order valence-electron chi connectivity index (χ1n) is 7.53. The Morgan fingerprint density at radius 3 is 2.42 bits per heavy atom. The van der Waals surface area contributed by atoms with Crippen LogP contribution in [-0.2, 0) is 0 Å². The molecule has 1 N–H and O–H groups in total. The van der Waals surface area contributed by atoms with Gasteiger partial charge in [-0.05, 0) is 29.8 Å². The third kappa shape index (κ3) is 3.55. The monoisotopic (exact) mass is 319 g/mol. The lowest BCUT2D eigenvalue weighted by molar-refractivity contribution is 0.0996. The summed E-state index contributed by atoms with van der Waals surface area (Å²) in [7, 11) is 1.64. The molecule has 4 nitrogen and oxygen atoms in total. The number of furan rings is 1. The van der Waals surface area contributed by atoms with Crippen LogP contribution in [-0.4, -0.2) is 13.0 Å². The molecule has 4 heteroatoms. The normalized spacial score (nSPS) is 10.7. The molecule has 0 aliphatic heterocycles. The maximum absolute atomic E-state index is 12.2. The van der Waals surface area contributed by atoms with E-state index in [1.165, 1.54) is 6.26 Å². The van der Waals surface area contributed by atoms with Crippen LogP contribution in [0.25, 0.3) is 12.2 Å². The smallest absolute Gasteiger partial charge is 0.291 e. The molecule has 0 saturated heterocycles. The molecule has 0 aliphatic carbocycles. The molecule has 24 heavy (non-hydrogen) atoms. The van der Waals surface area contributed by atoms with Gasteiger partial charge in [0.05, 0.1) is 13.4 Å². The van der Waals surface area contributed by atoms with Gasteiger partial charge >= 0.3 is 0 Å². The van der Waals surface area contributed by atoms with Crippen LogP contribution < -0.4 is 10.1 Å². The van der Waals surface area contributed by atoms with Crippen molar-refractivity contribution in [2.24, 2.45) is 0 Å². The number of nitrogens with one attached hydrogen (secondary N) is 1. The van der Waals surface area contributed by atoms with Gasteiger partial charge in [-0.25, -0.2) is 0 Å². The van der Waals surface area contributed by atoms with Crippen LogP contribution in [0.4, 0.5) is 5.69 Å². The Kier molecular flexibility index (Phi) is 4.77. The number of hydrogen-bond donors (Lipinski definition) is 1. The van der Waals surface area contributed by atoms with Crippen molar-refractivity contribution in [1.29, 1.82) is 0 Å². The highest BCUT2D eigenvalue weighted by atomic mass is 16.5. The van der Waals surface area contributed by atoms with Crippen molar-refractivity contribution < 1.29 is 13.9 Å². The summed E-state index contributed by atoms with van der Waals surface area (Å²) in [5.41, 5.74) is 2.57. The second-order valence-electron chi connectivity index (χ2n) is 5.09. The first-order valence-corrected chi connectivity index (χ1v) is 7.53. The van der Waals surface area contributed by atoms with Crippen molar-refractivity contribution in [2.45, 2.75) is 0 Å². The quantitative estimate of drug-likeness (QED) is 0.693. The van der Waals surface area contributed by atoms with E-state index in [9.17, 15) is 4.79 Å². The molecular weight excluding hydrogens is 302 g/mol. The van der Waals surface area contributed by atoms with E-state index in [1.54, 1.807) is 19.2 Å². The molecule has 3 aromatic rings. The zero-order valence-electron chi connectivity index (χ0n) is 13.2. The van der Waals surface area contributed by atoms with Crippen LogP contribution in [0.2, 0.25) is 0 Å². The highest BCUT2D eigenvalue weighted by Crippen LogP contribution is 2.23. The fourth-order valence-electron chi connectivity index (χ4n) is 2.33. The van der Waals surface area contributed by atoms with Crippen LogP contribution in [0.5, 0.6) is 5.75 Å². The van der Waals surface area contributed by atoms with Gasteiger partial charge in [0.25, 0.3) is 5.91 Å². The molecule has 0 atom stereocenters. The number of methoxy groups -OCH3 is 1. The molecule has 0 aliphatic rings. The van der Waals surface area contributed by atoms with Crippen LogP contribution in [0, 0.1) is 0 Å². The Morgan fingerprint density at radius 2 is 1.67 bits per heavy atom. The molecule has 0 fully saturated rings. The van der Waals surface area contributed by atoms with Gasteiger partial charge in [0.15, 0.2) is 5.76 Å². The summed E-state index contributed by atoms with van der Waals surface area (Å²) in [6.45, 7) is 0. The number of carbonyl (C=O) groups is 1. The Balaban J connectivity index is 1.84. The number of amides is 1. The van der Waals surface area contributed by atoms with E-state index < -0.39 is 0 Å². The molecule has 0 spiro atoms. The number of hydrogen-bond acceptors (Lipinski definition) is 3. The fourth-order valence-corrected chi connectivity index (χ4v) is 2.33. The van der Waals surface area contributed by atoms with Crippen molar-refractivity contribution in [3.8, 4) is 5.75 Å². The third-order valence-corrected chi connectivity index (χ3v) is 3.54. The molecule has 0 unspecified atom stereocenters. The predicted molar refractivity (Wildman–Crippen MR) is 95.0 cm³/mol. The van der Waals surface area contributed by atoms with Gasteiger partial charge < -0.3 is 14.5 Å². The molecule has 2 aromatic carbocycles. The third-order valence-electron chi connectivity index (χ3n) is 3.54. The topological polar surface area (TPSA) is 51.5 Å². The summed E-state index contributed by atoms with van der Waals surface area (Å²) in [5.74, 6) is 0.794. The lowest BCUT2D eigenvalue weighted by Crippen LogP contribution is -2.11. The van der Waals surface area contributed by atoms with E-state index in [-0.39, 0.29) is 11.7 Å². The highest BCUT2D eigenvalue weighted by Gasteiger charge is 2.10. The lowest BCUT2D eigenvalue weighted by atomic mass is 10.1. The summed E-state index contributed by atoms with van der Waals surface area (Å²) in [6, 6.07) is 18.6. The SMILES string of the molecule is COc1ccccc1/C=C/c1ccccc1NC(=O)c1ccco1. The largest absolute Gasteiger partial charge is 0.496 e. The van der Waals surface area contributed by atoms with Gasteiger partial charge in [-0.15, -0.1) is 0 Å². The molecule has 3 rings (SSSR count). The summed E-state index contributed by atoms with van der Waals surface area (Å²) in [6.07, 6.45) is 5.37. The van der Waals surface area contributed by atoms with E-state index in [1.807, 2.05) is 60.7 Å². The first kappa shape index (κ1) is 15.6. The van der Waals surface area contributed by atoms with Crippen LogP contribution >= 0.6 is 0 Å². The average molecular weight is 319 g/mol. The van der Waals surface area contributed by atoms with Crippen LogP contribution in [0.15, 0.2) is 71.3 Å². The number of anilines is 1. The van der Waals surface area contributed by atoms with Crippen molar-refractivity contribution in [3.63, 3.8) is 0 Å². The summed E-state index contributed by atoms with van der Waals surface area (Å²) in [5, 5.41) is 2.86. The molecule has 0 saturated carbocycles. The molecule has 1 heterocycles. The predicted octanol–water partition coefficient (Wildman–Crippen LogP) is 4.71. The molecule has 120 valence electrons. The zero-order chi connectivity index (χ0) is 16.8. The number of ether oxygens (including phenoxy) is 1.